The number of hydrogen-bond acceptors (Lipinski definition) is 9. The molecular weight excluding hydrogens is 457 g/mol. The number of nitrogens with zero attached hydrogens (tertiary/aromatic N) is 5. The fraction of sp³-hybridized carbons (Fsp3) is 0.375. The fourth-order valence-electron chi connectivity index (χ4n) is 4.04. The van der Waals surface area contributed by atoms with Crippen molar-refractivity contribution in [2.45, 2.75) is 19.6 Å². The molecule has 5 rings (SSSR count). The average Bonchev–Trinajstić information content (AvgIpc) is 3.44. The van der Waals surface area contributed by atoms with Crippen LogP contribution in [0.2, 0.25) is 0 Å². The summed E-state index contributed by atoms with van der Waals surface area (Å²) in [6, 6.07) is 12.0. The van der Waals surface area contributed by atoms with Crippen LogP contribution < -0.4 is 4.74 Å². The van der Waals surface area contributed by atoms with Crippen molar-refractivity contribution in [3.8, 4) is 17.1 Å². The van der Waals surface area contributed by atoms with E-state index in [9.17, 15) is 9.50 Å². The number of benzene rings is 2. The molecule has 1 aliphatic heterocycles. The molecule has 1 N–H and O–H groups in total. The van der Waals surface area contributed by atoms with E-state index in [1.165, 1.54) is 12.1 Å². The maximum atomic E-state index is 13.4. The zero-order chi connectivity index (χ0) is 23.5. The minimum Gasteiger partial charge on any atom is -0.491 e. The first-order chi connectivity index (χ1) is 16.5. The number of ether oxygens (including phenoxy) is 1. The van der Waals surface area contributed by atoms with Gasteiger partial charge in [0.2, 0.25) is 11.7 Å². The Hall–Kier alpha value is -2.92. The maximum absolute atomic E-state index is 13.4. The SMILES string of the molecule is Cc1nc2cc(OCC(O)CN3CCN(Cc4nc(-c5cccc(F)c5)no4)CC3)ccc2s1. The highest BCUT2D eigenvalue weighted by Crippen LogP contribution is 2.25. The molecule has 2 aromatic heterocycles. The van der Waals surface area contributed by atoms with Crippen LogP contribution in [-0.2, 0) is 6.54 Å². The molecule has 0 saturated carbocycles. The summed E-state index contributed by atoms with van der Waals surface area (Å²) in [5.74, 6) is 1.29. The molecular formula is C24H26FN5O3S. The molecule has 34 heavy (non-hydrogen) atoms. The number of halogens is 1. The van der Waals surface area contributed by atoms with Gasteiger partial charge in [-0.1, -0.05) is 17.3 Å². The predicted octanol–water partition coefficient (Wildman–Crippen LogP) is 3.35. The monoisotopic (exact) mass is 483 g/mol. The maximum Gasteiger partial charge on any atom is 0.241 e. The molecule has 1 unspecified atom stereocenters. The first-order valence-corrected chi connectivity index (χ1v) is 12.0. The van der Waals surface area contributed by atoms with Crippen LogP contribution in [0.25, 0.3) is 21.6 Å². The Morgan fingerprint density at radius 1 is 1.12 bits per heavy atom. The molecule has 10 heteroatoms. The largest absolute Gasteiger partial charge is 0.491 e. The number of thiazole rings is 1. The molecule has 3 heterocycles. The Kier molecular flexibility index (Phi) is 6.82. The van der Waals surface area contributed by atoms with Crippen LogP contribution in [0.5, 0.6) is 5.75 Å². The summed E-state index contributed by atoms with van der Waals surface area (Å²) in [6.45, 7) is 6.62. The van der Waals surface area contributed by atoms with E-state index in [0.717, 1.165) is 47.2 Å². The number of fused-ring (bicyclic) bond motifs is 1. The number of aliphatic hydroxyl groups is 1. The third kappa shape index (κ3) is 5.58. The van der Waals surface area contributed by atoms with Crippen LogP contribution in [0.4, 0.5) is 4.39 Å². The zero-order valence-corrected chi connectivity index (χ0v) is 19.7. The molecule has 1 atom stereocenters. The van der Waals surface area contributed by atoms with Crippen LogP contribution >= 0.6 is 11.3 Å². The van der Waals surface area contributed by atoms with E-state index >= 15 is 0 Å². The van der Waals surface area contributed by atoms with Crippen molar-refractivity contribution < 1.29 is 18.8 Å². The third-order valence-corrected chi connectivity index (χ3v) is 6.70. The molecule has 1 saturated heterocycles. The van der Waals surface area contributed by atoms with E-state index < -0.39 is 6.10 Å². The van der Waals surface area contributed by atoms with Crippen molar-refractivity contribution in [2.75, 3.05) is 39.3 Å². The minimum absolute atomic E-state index is 0.236. The number of rotatable bonds is 8. The number of aryl methyl sites for hydroxylation is 1. The van der Waals surface area contributed by atoms with Gasteiger partial charge in [-0.2, -0.15) is 4.98 Å². The van der Waals surface area contributed by atoms with Crippen molar-refractivity contribution in [3.05, 3.63) is 59.2 Å². The topological polar surface area (TPSA) is 87.8 Å². The first kappa shape index (κ1) is 22.9. The van der Waals surface area contributed by atoms with E-state index in [4.69, 9.17) is 9.26 Å². The predicted molar refractivity (Wildman–Crippen MR) is 127 cm³/mol. The quantitative estimate of drug-likeness (QED) is 0.408. The Labute approximate surface area is 200 Å². The van der Waals surface area contributed by atoms with Gasteiger partial charge in [0.15, 0.2) is 0 Å². The molecule has 0 aliphatic carbocycles. The lowest BCUT2D eigenvalue weighted by molar-refractivity contribution is 0.0426. The van der Waals surface area contributed by atoms with Gasteiger partial charge < -0.3 is 14.4 Å². The summed E-state index contributed by atoms with van der Waals surface area (Å²) in [5, 5.41) is 15.5. The van der Waals surface area contributed by atoms with Gasteiger partial charge in [0.1, 0.15) is 24.3 Å². The van der Waals surface area contributed by atoms with Crippen molar-refractivity contribution in [3.63, 3.8) is 0 Å². The van der Waals surface area contributed by atoms with Crippen molar-refractivity contribution >= 4 is 21.6 Å². The lowest BCUT2D eigenvalue weighted by Crippen LogP contribution is -2.48. The molecule has 0 spiro atoms. The van der Waals surface area contributed by atoms with E-state index in [0.29, 0.717) is 30.4 Å². The van der Waals surface area contributed by atoms with Crippen LogP contribution in [0, 0.1) is 12.7 Å². The van der Waals surface area contributed by atoms with Gasteiger partial charge in [0.05, 0.1) is 21.8 Å². The van der Waals surface area contributed by atoms with E-state index in [2.05, 4.69) is 24.9 Å². The van der Waals surface area contributed by atoms with Crippen molar-refractivity contribution in [1.29, 1.82) is 0 Å². The summed E-state index contributed by atoms with van der Waals surface area (Å²) >= 11 is 1.66. The first-order valence-electron chi connectivity index (χ1n) is 11.2. The molecule has 1 aliphatic rings. The molecule has 0 amide bonds. The van der Waals surface area contributed by atoms with Crippen LogP contribution in [0.15, 0.2) is 47.0 Å². The number of hydrogen-bond donors (Lipinski definition) is 1. The summed E-state index contributed by atoms with van der Waals surface area (Å²) in [5.41, 5.74) is 1.52. The Balaban J connectivity index is 1.06. The molecule has 178 valence electrons. The number of β-amino-alcohol motifs (C(OH)–C–C–N with tert-alkyl or cyclic N) is 1. The highest BCUT2D eigenvalue weighted by atomic mass is 32.1. The van der Waals surface area contributed by atoms with Gasteiger partial charge in [0, 0.05) is 44.4 Å². The normalized spacial score (nSPS) is 16.2. The van der Waals surface area contributed by atoms with Gasteiger partial charge in [-0.15, -0.1) is 11.3 Å². The summed E-state index contributed by atoms with van der Waals surface area (Å²) < 4.78 is 25.7. The molecule has 4 aromatic rings. The highest BCUT2D eigenvalue weighted by Gasteiger charge is 2.21. The number of aromatic nitrogens is 3. The molecule has 2 aromatic carbocycles. The minimum atomic E-state index is -0.579. The molecule has 8 nitrogen and oxygen atoms in total. The van der Waals surface area contributed by atoms with Gasteiger partial charge in [-0.25, -0.2) is 9.37 Å². The van der Waals surface area contributed by atoms with Gasteiger partial charge in [0.25, 0.3) is 0 Å². The average molecular weight is 484 g/mol. The Morgan fingerprint density at radius 3 is 2.76 bits per heavy atom. The highest BCUT2D eigenvalue weighted by molar-refractivity contribution is 7.18. The smallest absolute Gasteiger partial charge is 0.241 e. The van der Waals surface area contributed by atoms with Crippen LogP contribution in [0.3, 0.4) is 0 Å². The van der Waals surface area contributed by atoms with E-state index in [1.54, 1.807) is 23.5 Å². The summed E-state index contributed by atoms with van der Waals surface area (Å²) in [4.78, 5) is 13.3. The summed E-state index contributed by atoms with van der Waals surface area (Å²) in [6.07, 6.45) is -0.579. The Morgan fingerprint density at radius 2 is 1.94 bits per heavy atom. The standard InChI is InChI=1S/C24H26FN5O3S/c1-16-26-21-12-20(5-6-22(21)34-16)32-15-19(31)13-29-7-9-30(10-8-29)14-23-27-24(28-33-23)17-3-2-4-18(25)11-17/h2-6,11-12,19,31H,7-10,13-15H2,1H3. The lowest BCUT2D eigenvalue weighted by Gasteiger charge is -2.34. The molecule has 0 radical (unpaired) electrons. The van der Waals surface area contributed by atoms with Gasteiger partial charge >= 0.3 is 0 Å². The van der Waals surface area contributed by atoms with Crippen LogP contribution in [-0.4, -0.2) is 75.5 Å². The van der Waals surface area contributed by atoms with Gasteiger partial charge in [-0.3, -0.25) is 9.80 Å². The van der Waals surface area contributed by atoms with Crippen molar-refractivity contribution in [1.82, 2.24) is 24.9 Å². The summed E-state index contributed by atoms with van der Waals surface area (Å²) in [7, 11) is 0. The second kappa shape index (κ2) is 10.1. The van der Waals surface area contributed by atoms with Gasteiger partial charge in [-0.05, 0) is 31.2 Å². The lowest BCUT2D eigenvalue weighted by atomic mass is 10.2. The zero-order valence-electron chi connectivity index (χ0n) is 18.9. The molecule has 1 fully saturated rings. The van der Waals surface area contributed by atoms with Crippen molar-refractivity contribution in [2.24, 2.45) is 0 Å². The molecule has 0 bridgehead atoms. The van der Waals surface area contributed by atoms with E-state index in [1.807, 2.05) is 25.1 Å². The number of piperazine rings is 1. The Bertz CT molecular complexity index is 1250. The van der Waals surface area contributed by atoms with Crippen LogP contribution in [0.1, 0.15) is 10.9 Å². The number of aliphatic hydroxyl groups excluding tert-OH is 1. The van der Waals surface area contributed by atoms with E-state index in [-0.39, 0.29) is 12.4 Å². The third-order valence-electron chi connectivity index (χ3n) is 5.75. The fourth-order valence-corrected chi connectivity index (χ4v) is 4.85. The second-order valence-electron chi connectivity index (χ2n) is 8.43. The second-order valence-corrected chi connectivity index (χ2v) is 9.66.